The lowest BCUT2D eigenvalue weighted by Crippen LogP contribution is -2.50. The first-order chi connectivity index (χ1) is 17.5. The Labute approximate surface area is 215 Å². The lowest BCUT2D eigenvalue weighted by atomic mass is 9.72. The van der Waals surface area contributed by atoms with Gasteiger partial charge in [-0.05, 0) is 88.5 Å². The lowest BCUT2D eigenvalue weighted by molar-refractivity contribution is -0.146. The van der Waals surface area contributed by atoms with E-state index >= 15 is 0 Å². The number of esters is 1. The third kappa shape index (κ3) is 6.10. The highest BCUT2D eigenvalue weighted by Crippen LogP contribution is 2.42. The van der Waals surface area contributed by atoms with Gasteiger partial charge in [-0.1, -0.05) is 24.4 Å². The zero-order chi connectivity index (χ0) is 25.5. The molecule has 198 valence electrons. The van der Waals surface area contributed by atoms with Gasteiger partial charge in [0.2, 0.25) is 0 Å². The van der Waals surface area contributed by atoms with Crippen LogP contribution >= 0.6 is 0 Å². The SMILES string of the molecule is COC(=O)C1CCC(/C(C)=N/OC(=O)c2ccc(N3CCC(OC)(C4CCCCC4)CC3)cc2)CC1. The van der Waals surface area contributed by atoms with Gasteiger partial charge in [0.15, 0.2) is 0 Å². The van der Waals surface area contributed by atoms with E-state index in [1.807, 2.05) is 38.3 Å². The van der Waals surface area contributed by atoms with Gasteiger partial charge in [0.05, 0.1) is 29.9 Å². The molecule has 3 fully saturated rings. The van der Waals surface area contributed by atoms with Crippen LogP contribution in [0, 0.1) is 17.8 Å². The summed E-state index contributed by atoms with van der Waals surface area (Å²) >= 11 is 0. The summed E-state index contributed by atoms with van der Waals surface area (Å²) in [6.07, 6.45) is 12.0. The van der Waals surface area contributed by atoms with Gasteiger partial charge < -0.3 is 19.2 Å². The van der Waals surface area contributed by atoms with Crippen molar-refractivity contribution in [3.63, 3.8) is 0 Å². The fourth-order valence-corrected chi connectivity index (χ4v) is 6.51. The van der Waals surface area contributed by atoms with E-state index < -0.39 is 5.97 Å². The topological polar surface area (TPSA) is 77.4 Å². The average molecular weight is 499 g/mol. The molecule has 3 aliphatic rings. The van der Waals surface area contributed by atoms with E-state index in [-0.39, 0.29) is 23.4 Å². The molecule has 2 aliphatic carbocycles. The number of ether oxygens (including phenoxy) is 2. The Hall–Kier alpha value is -2.41. The number of carbonyl (C=O) groups is 2. The zero-order valence-electron chi connectivity index (χ0n) is 22.2. The molecule has 1 aromatic carbocycles. The molecule has 1 saturated heterocycles. The minimum atomic E-state index is -0.446. The lowest BCUT2D eigenvalue weighted by Gasteiger charge is -2.47. The maximum atomic E-state index is 12.6. The maximum absolute atomic E-state index is 12.6. The van der Waals surface area contributed by atoms with Crippen LogP contribution in [0.4, 0.5) is 5.69 Å². The van der Waals surface area contributed by atoms with Crippen LogP contribution in [0.1, 0.15) is 87.9 Å². The van der Waals surface area contributed by atoms with Crippen molar-refractivity contribution in [1.29, 1.82) is 0 Å². The summed E-state index contributed by atoms with van der Waals surface area (Å²) in [6, 6.07) is 7.65. The van der Waals surface area contributed by atoms with Crippen LogP contribution in [-0.2, 0) is 19.1 Å². The van der Waals surface area contributed by atoms with Crippen molar-refractivity contribution in [3.05, 3.63) is 29.8 Å². The normalized spacial score (nSPS) is 25.3. The summed E-state index contributed by atoms with van der Waals surface area (Å²) < 4.78 is 11.0. The fourth-order valence-electron chi connectivity index (χ4n) is 6.51. The second-order valence-corrected chi connectivity index (χ2v) is 10.8. The fraction of sp³-hybridized carbons (Fsp3) is 0.690. The molecule has 0 radical (unpaired) electrons. The highest BCUT2D eigenvalue weighted by Gasteiger charge is 2.42. The molecule has 1 aromatic rings. The van der Waals surface area contributed by atoms with Crippen LogP contribution in [-0.4, -0.2) is 50.6 Å². The molecule has 2 saturated carbocycles. The summed E-state index contributed by atoms with van der Waals surface area (Å²) in [4.78, 5) is 31.9. The highest BCUT2D eigenvalue weighted by molar-refractivity contribution is 5.91. The average Bonchev–Trinajstić information content (AvgIpc) is 2.96. The smallest absolute Gasteiger partial charge is 0.365 e. The van der Waals surface area contributed by atoms with E-state index in [1.165, 1.54) is 39.2 Å². The molecule has 0 bridgehead atoms. The number of benzene rings is 1. The molecule has 0 unspecified atom stereocenters. The van der Waals surface area contributed by atoms with E-state index in [4.69, 9.17) is 14.3 Å². The zero-order valence-corrected chi connectivity index (χ0v) is 22.2. The molecule has 0 aromatic heterocycles. The second kappa shape index (κ2) is 12.2. The highest BCUT2D eigenvalue weighted by atomic mass is 16.7. The molecule has 1 aliphatic heterocycles. The number of anilines is 1. The Bertz CT molecular complexity index is 906. The number of nitrogens with zero attached hydrogens (tertiary/aromatic N) is 2. The third-order valence-corrected chi connectivity index (χ3v) is 8.96. The summed E-state index contributed by atoms with van der Waals surface area (Å²) in [5.41, 5.74) is 2.45. The Morgan fingerprint density at radius 3 is 2.08 bits per heavy atom. The number of rotatable bonds is 7. The van der Waals surface area contributed by atoms with Crippen LogP contribution in [0.2, 0.25) is 0 Å². The van der Waals surface area contributed by atoms with Gasteiger partial charge in [-0.3, -0.25) is 4.79 Å². The van der Waals surface area contributed by atoms with Crippen LogP contribution in [0.25, 0.3) is 0 Å². The molecule has 7 heteroatoms. The molecule has 36 heavy (non-hydrogen) atoms. The quantitative estimate of drug-likeness (QED) is 0.206. The van der Waals surface area contributed by atoms with Crippen LogP contribution in [0.15, 0.2) is 29.4 Å². The largest absolute Gasteiger partial charge is 0.469 e. The van der Waals surface area contributed by atoms with Crippen molar-refractivity contribution in [3.8, 4) is 0 Å². The van der Waals surface area contributed by atoms with Crippen LogP contribution < -0.4 is 4.90 Å². The van der Waals surface area contributed by atoms with Gasteiger partial charge in [0.25, 0.3) is 0 Å². The predicted octanol–water partition coefficient (Wildman–Crippen LogP) is 5.76. The van der Waals surface area contributed by atoms with Crippen molar-refractivity contribution in [2.24, 2.45) is 22.9 Å². The van der Waals surface area contributed by atoms with E-state index in [9.17, 15) is 9.59 Å². The first-order valence-corrected chi connectivity index (χ1v) is 13.7. The van der Waals surface area contributed by atoms with Crippen LogP contribution in [0.3, 0.4) is 0 Å². The Morgan fingerprint density at radius 1 is 0.889 bits per heavy atom. The van der Waals surface area contributed by atoms with Crippen molar-refractivity contribution < 1.29 is 23.9 Å². The number of piperidine rings is 1. The summed E-state index contributed by atoms with van der Waals surface area (Å²) in [7, 11) is 3.33. The molecule has 0 spiro atoms. The van der Waals surface area contributed by atoms with Gasteiger partial charge in [0, 0.05) is 31.8 Å². The predicted molar refractivity (Wildman–Crippen MR) is 140 cm³/mol. The number of methoxy groups -OCH3 is 2. The van der Waals surface area contributed by atoms with Crippen molar-refractivity contribution in [2.75, 3.05) is 32.2 Å². The summed E-state index contributed by atoms with van der Waals surface area (Å²) in [6.45, 7) is 3.83. The van der Waals surface area contributed by atoms with E-state index in [0.717, 1.165) is 63.0 Å². The van der Waals surface area contributed by atoms with E-state index in [2.05, 4.69) is 10.1 Å². The summed E-state index contributed by atoms with van der Waals surface area (Å²) in [5, 5.41) is 4.12. The second-order valence-electron chi connectivity index (χ2n) is 10.8. The maximum Gasteiger partial charge on any atom is 0.365 e. The first kappa shape index (κ1) is 26.6. The number of oxime groups is 1. The van der Waals surface area contributed by atoms with Gasteiger partial charge >= 0.3 is 11.9 Å². The molecule has 0 N–H and O–H groups in total. The van der Waals surface area contributed by atoms with Crippen LogP contribution in [0.5, 0.6) is 0 Å². The Kier molecular flexibility index (Phi) is 9.04. The Morgan fingerprint density at radius 2 is 1.50 bits per heavy atom. The van der Waals surface area contributed by atoms with Crippen molar-refractivity contribution in [1.82, 2.24) is 0 Å². The van der Waals surface area contributed by atoms with Gasteiger partial charge in [-0.25, -0.2) is 4.79 Å². The van der Waals surface area contributed by atoms with Crippen molar-refractivity contribution >= 4 is 23.3 Å². The Balaban J connectivity index is 1.27. The molecule has 1 heterocycles. The molecule has 0 amide bonds. The molecule has 4 rings (SSSR count). The summed E-state index contributed by atoms with van der Waals surface area (Å²) in [5.74, 6) is 0.303. The number of hydrogen-bond acceptors (Lipinski definition) is 7. The number of carbonyl (C=O) groups excluding carboxylic acids is 2. The van der Waals surface area contributed by atoms with Gasteiger partial charge in [0.1, 0.15) is 0 Å². The molecule has 0 atom stereocenters. The molecular formula is C29H42N2O5. The minimum Gasteiger partial charge on any atom is -0.469 e. The molecular weight excluding hydrogens is 456 g/mol. The first-order valence-electron chi connectivity index (χ1n) is 13.7. The van der Waals surface area contributed by atoms with Gasteiger partial charge in [-0.15, -0.1) is 0 Å². The van der Waals surface area contributed by atoms with E-state index in [1.54, 1.807) is 0 Å². The van der Waals surface area contributed by atoms with Crippen molar-refractivity contribution in [2.45, 2.75) is 83.2 Å². The monoisotopic (exact) mass is 498 g/mol. The van der Waals surface area contributed by atoms with E-state index in [0.29, 0.717) is 11.5 Å². The minimum absolute atomic E-state index is 0.0229. The standard InChI is InChI=1S/C29H42N2O5/c1-21(22-9-11-23(12-10-22)27(32)34-2)30-36-28(33)24-13-15-26(16-14-24)31-19-17-29(35-3,18-20-31)25-7-5-4-6-8-25/h13-16,22-23,25H,4-12,17-20H2,1-3H3/b30-21+. The number of hydrogen-bond donors (Lipinski definition) is 0. The third-order valence-electron chi connectivity index (χ3n) is 8.96. The molecule has 7 nitrogen and oxygen atoms in total. The van der Waals surface area contributed by atoms with Gasteiger partial charge in [-0.2, -0.15) is 0 Å².